The van der Waals surface area contributed by atoms with E-state index in [-0.39, 0.29) is 18.6 Å². The van der Waals surface area contributed by atoms with Gasteiger partial charge in [0.15, 0.2) is 0 Å². The van der Waals surface area contributed by atoms with E-state index in [9.17, 15) is 4.79 Å². The molecule has 1 fully saturated rings. The normalized spacial score (nSPS) is 17.7. The molecule has 2 aromatic heterocycles. The molecular formula is C19H28BrN5O2. The van der Waals surface area contributed by atoms with E-state index < -0.39 is 0 Å². The summed E-state index contributed by atoms with van der Waals surface area (Å²) in [6.45, 7) is 5.77. The van der Waals surface area contributed by atoms with Gasteiger partial charge in [0.1, 0.15) is 12.3 Å². The van der Waals surface area contributed by atoms with Gasteiger partial charge in [0.25, 0.3) is 0 Å². The van der Waals surface area contributed by atoms with Crippen LogP contribution >= 0.6 is 15.9 Å². The van der Waals surface area contributed by atoms with E-state index in [1.165, 1.54) is 6.42 Å². The number of pyridine rings is 1. The summed E-state index contributed by atoms with van der Waals surface area (Å²) in [4.78, 5) is 19.3. The molecule has 0 radical (unpaired) electrons. The fraction of sp³-hybridized carbons (Fsp3) is 0.579. The van der Waals surface area contributed by atoms with Gasteiger partial charge in [0.05, 0.1) is 27.3 Å². The van der Waals surface area contributed by atoms with E-state index in [4.69, 9.17) is 4.74 Å². The van der Waals surface area contributed by atoms with Gasteiger partial charge in [-0.3, -0.25) is 4.79 Å². The Morgan fingerprint density at radius 2 is 2.26 bits per heavy atom. The molecule has 8 heteroatoms. The molecule has 1 aliphatic heterocycles. The first-order valence-corrected chi connectivity index (χ1v) is 10.2. The number of carbonyl (C=O) groups excluding carboxylic acids is 1. The SMILES string of the molecule is CN[C@@H]1CCCN(c2c(Br)cnc3c2c(NC(=O)COC(C)C)cn3C)C1. The van der Waals surface area contributed by atoms with Crippen LogP contribution in [0.2, 0.25) is 0 Å². The van der Waals surface area contributed by atoms with Crippen molar-refractivity contribution < 1.29 is 9.53 Å². The Balaban J connectivity index is 1.98. The number of carbonyl (C=O) groups is 1. The van der Waals surface area contributed by atoms with Gasteiger partial charge in [0, 0.05) is 38.6 Å². The van der Waals surface area contributed by atoms with Crippen molar-refractivity contribution in [2.45, 2.75) is 38.8 Å². The molecule has 148 valence electrons. The predicted octanol–water partition coefficient (Wildman–Crippen LogP) is 2.89. The van der Waals surface area contributed by atoms with Gasteiger partial charge < -0.3 is 24.8 Å². The van der Waals surface area contributed by atoms with Crippen LogP contribution in [0.15, 0.2) is 16.9 Å². The number of piperidine rings is 1. The van der Waals surface area contributed by atoms with Crippen molar-refractivity contribution in [2.75, 3.05) is 37.0 Å². The summed E-state index contributed by atoms with van der Waals surface area (Å²) in [5.41, 5.74) is 2.70. The lowest BCUT2D eigenvalue weighted by Gasteiger charge is -2.35. The molecule has 3 rings (SSSR count). The smallest absolute Gasteiger partial charge is 0.250 e. The number of amides is 1. The minimum atomic E-state index is -0.158. The standard InChI is InChI=1S/C19H28BrN5O2/c1-12(2)27-11-16(26)23-15-10-24(4)19-17(15)18(14(20)8-22-19)25-7-5-6-13(9-25)21-3/h8,10,12-13,21H,5-7,9,11H2,1-4H3,(H,23,26)/t13-/m1/s1. The largest absolute Gasteiger partial charge is 0.369 e. The Labute approximate surface area is 168 Å². The highest BCUT2D eigenvalue weighted by Crippen LogP contribution is 2.39. The summed E-state index contributed by atoms with van der Waals surface area (Å²) >= 11 is 3.68. The van der Waals surface area contributed by atoms with Crippen molar-refractivity contribution in [3.63, 3.8) is 0 Å². The molecule has 1 saturated heterocycles. The fourth-order valence-electron chi connectivity index (χ4n) is 3.55. The topological polar surface area (TPSA) is 71.4 Å². The molecule has 1 aliphatic rings. The first-order valence-electron chi connectivity index (χ1n) is 9.38. The number of aryl methyl sites for hydroxylation is 1. The summed E-state index contributed by atoms with van der Waals surface area (Å²) < 4.78 is 8.32. The zero-order valence-electron chi connectivity index (χ0n) is 16.4. The summed E-state index contributed by atoms with van der Waals surface area (Å²) in [6, 6.07) is 0.454. The molecule has 0 bridgehead atoms. The van der Waals surface area contributed by atoms with Crippen LogP contribution in [0.4, 0.5) is 11.4 Å². The van der Waals surface area contributed by atoms with Gasteiger partial charge >= 0.3 is 0 Å². The second-order valence-corrected chi connectivity index (χ2v) is 8.14. The molecule has 27 heavy (non-hydrogen) atoms. The van der Waals surface area contributed by atoms with Gasteiger partial charge in [-0.2, -0.15) is 0 Å². The molecule has 0 spiro atoms. The van der Waals surface area contributed by atoms with Crippen LogP contribution in [0.3, 0.4) is 0 Å². The van der Waals surface area contributed by atoms with Crippen molar-refractivity contribution in [3.05, 3.63) is 16.9 Å². The number of hydrogen-bond donors (Lipinski definition) is 2. The first kappa shape index (κ1) is 20.1. The van der Waals surface area contributed by atoms with E-state index in [1.54, 1.807) is 0 Å². The minimum Gasteiger partial charge on any atom is -0.369 e. The molecular weight excluding hydrogens is 410 g/mol. The van der Waals surface area contributed by atoms with Crippen molar-refractivity contribution in [1.29, 1.82) is 0 Å². The van der Waals surface area contributed by atoms with Gasteiger partial charge in [-0.05, 0) is 49.7 Å². The number of hydrogen-bond acceptors (Lipinski definition) is 5. The van der Waals surface area contributed by atoms with Crippen molar-refractivity contribution in [2.24, 2.45) is 7.05 Å². The van der Waals surface area contributed by atoms with Gasteiger partial charge in [-0.25, -0.2) is 4.98 Å². The Hall–Kier alpha value is -1.64. The molecule has 2 N–H and O–H groups in total. The maximum atomic E-state index is 12.3. The maximum absolute atomic E-state index is 12.3. The lowest BCUT2D eigenvalue weighted by Crippen LogP contribution is -2.44. The summed E-state index contributed by atoms with van der Waals surface area (Å²) in [5, 5.41) is 7.35. The van der Waals surface area contributed by atoms with Crippen LogP contribution < -0.4 is 15.5 Å². The average molecular weight is 438 g/mol. The Morgan fingerprint density at radius 3 is 2.96 bits per heavy atom. The maximum Gasteiger partial charge on any atom is 0.250 e. The summed E-state index contributed by atoms with van der Waals surface area (Å²) in [7, 11) is 3.95. The van der Waals surface area contributed by atoms with E-state index in [0.717, 1.165) is 46.4 Å². The number of halogens is 1. The molecule has 0 aliphatic carbocycles. The third-order valence-corrected chi connectivity index (χ3v) is 5.46. The highest BCUT2D eigenvalue weighted by atomic mass is 79.9. The number of ether oxygens (including phenoxy) is 1. The Kier molecular flexibility index (Phi) is 6.39. The second kappa shape index (κ2) is 8.58. The zero-order valence-corrected chi connectivity index (χ0v) is 18.0. The minimum absolute atomic E-state index is 0.0152. The highest BCUT2D eigenvalue weighted by molar-refractivity contribution is 9.10. The van der Waals surface area contributed by atoms with Crippen molar-refractivity contribution >= 4 is 44.2 Å². The molecule has 7 nitrogen and oxygen atoms in total. The zero-order chi connectivity index (χ0) is 19.6. The third-order valence-electron chi connectivity index (χ3n) is 4.88. The summed E-state index contributed by atoms with van der Waals surface area (Å²) in [6.07, 6.45) is 6.07. The number of fused-ring (bicyclic) bond motifs is 1. The monoisotopic (exact) mass is 437 g/mol. The number of nitrogens with zero attached hydrogens (tertiary/aromatic N) is 3. The predicted molar refractivity (Wildman–Crippen MR) is 112 cm³/mol. The Bertz CT molecular complexity index is 820. The van der Waals surface area contributed by atoms with Crippen LogP contribution in [0.5, 0.6) is 0 Å². The van der Waals surface area contributed by atoms with Crippen molar-refractivity contribution in [1.82, 2.24) is 14.9 Å². The quantitative estimate of drug-likeness (QED) is 0.726. The number of nitrogens with one attached hydrogen (secondary N) is 2. The van der Waals surface area contributed by atoms with E-state index in [2.05, 4.69) is 36.4 Å². The average Bonchev–Trinajstić information content (AvgIpc) is 2.95. The third kappa shape index (κ3) is 4.44. The number of aromatic nitrogens is 2. The van der Waals surface area contributed by atoms with Crippen LogP contribution in [0.1, 0.15) is 26.7 Å². The van der Waals surface area contributed by atoms with Crippen LogP contribution in [0, 0.1) is 0 Å². The number of anilines is 2. The van der Waals surface area contributed by atoms with Crippen LogP contribution in [-0.2, 0) is 16.6 Å². The van der Waals surface area contributed by atoms with Crippen LogP contribution in [0.25, 0.3) is 11.0 Å². The van der Waals surface area contributed by atoms with Gasteiger partial charge in [-0.1, -0.05) is 0 Å². The summed E-state index contributed by atoms with van der Waals surface area (Å²) in [5.74, 6) is -0.158. The molecule has 3 heterocycles. The molecule has 0 unspecified atom stereocenters. The molecule has 1 atom stereocenters. The molecule has 1 amide bonds. The first-order chi connectivity index (χ1) is 12.9. The van der Waals surface area contributed by atoms with E-state index in [1.807, 2.05) is 44.9 Å². The van der Waals surface area contributed by atoms with Crippen LogP contribution in [-0.4, -0.2) is 54.3 Å². The van der Waals surface area contributed by atoms with E-state index >= 15 is 0 Å². The van der Waals surface area contributed by atoms with E-state index in [0.29, 0.717) is 6.04 Å². The lowest BCUT2D eigenvalue weighted by molar-refractivity contribution is -0.121. The highest BCUT2D eigenvalue weighted by Gasteiger charge is 2.25. The van der Waals surface area contributed by atoms with Gasteiger partial charge in [-0.15, -0.1) is 0 Å². The van der Waals surface area contributed by atoms with Crippen molar-refractivity contribution in [3.8, 4) is 0 Å². The number of rotatable bonds is 6. The molecule has 2 aromatic rings. The molecule has 0 aromatic carbocycles. The van der Waals surface area contributed by atoms with Gasteiger partial charge in [0.2, 0.25) is 5.91 Å². The molecule has 0 saturated carbocycles. The fourth-order valence-corrected chi connectivity index (χ4v) is 4.10. The lowest BCUT2D eigenvalue weighted by atomic mass is 10.0. The Morgan fingerprint density at radius 1 is 1.48 bits per heavy atom. The number of likely N-dealkylation sites (N-methyl/N-ethyl adjacent to an activating group) is 1. The second-order valence-electron chi connectivity index (χ2n) is 7.29.